The Morgan fingerprint density at radius 2 is 2.05 bits per heavy atom. The highest BCUT2D eigenvalue weighted by atomic mass is 15.3. The summed E-state index contributed by atoms with van der Waals surface area (Å²) in [5.41, 5.74) is 1.27. The average molecular weight is 258 g/mol. The quantitative estimate of drug-likeness (QED) is 0.900. The SMILES string of the molecule is CC(C)N1C=CC(=N[C@@H](C)Cc2ccncc2)NC1. The van der Waals surface area contributed by atoms with E-state index in [0.29, 0.717) is 6.04 Å². The number of nitrogens with zero attached hydrogens (tertiary/aromatic N) is 3. The fraction of sp³-hybridized carbons (Fsp3) is 0.467. The van der Waals surface area contributed by atoms with Gasteiger partial charge in [-0.05, 0) is 51.0 Å². The van der Waals surface area contributed by atoms with Gasteiger partial charge in [0, 0.05) is 24.6 Å². The summed E-state index contributed by atoms with van der Waals surface area (Å²) >= 11 is 0. The molecule has 1 aromatic rings. The first-order valence-electron chi connectivity index (χ1n) is 6.79. The second-order valence-corrected chi connectivity index (χ2v) is 5.18. The molecular formula is C15H22N4. The molecule has 4 heteroatoms. The third kappa shape index (κ3) is 4.09. The van der Waals surface area contributed by atoms with Gasteiger partial charge in [-0.3, -0.25) is 9.98 Å². The number of amidine groups is 1. The number of hydrogen-bond donors (Lipinski definition) is 1. The van der Waals surface area contributed by atoms with Crippen LogP contribution in [0.2, 0.25) is 0 Å². The van der Waals surface area contributed by atoms with Gasteiger partial charge < -0.3 is 10.2 Å². The molecule has 4 nitrogen and oxygen atoms in total. The van der Waals surface area contributed by atoms with Crippen molar-refractivity contribution < 1.29 is 0 Å². The Balaban J connectivity index is 1.93. The standard InChI is InChI=1S/C15H22N4/c1-12(2)19-9-6-15(17-11-19)18-13(3)10-14-4-7-16-8-5-14/h4-9,12-13H,10-11H2,1-3H3,(H,17,18)/t13-/m0/s1. The summed E-state index contributed by atoms with van der Waals surface area (Å²) in [7, 11) is 0. The monoisotopic (exact) mass is 258 g/mol. The molecule has 1 aliphatic rings. The average Bonchev–Trinajstić information content (AvgIpc) is 2.40. The molecule has 2 rings (SSSR count). The van der Waals surface area contributed by atoms with E-state index in [-0.39, 0.29) is 6.04 Å². The predicted octanol–water partition coefficient (Wildman–Crippen LogP) is 2.20. The van der Waals surface area contributed by atoms with E-state index in [1.807, 2.05) is 30.6 Å². The molecule has 1 aromatic heterocycles. The number of aromatic nitrogens is 1. The molecule has 0 bridgehead atoms. The van der Waals surface area contributed by atoms with Crippen molar-refractivity contribution in [3.63, 3.8) is 0 Å². The van der Waals surface area contributed by atoms with E-state index in [0.717, 1.165) is 18.9 Å². The molecule has 1 atom stereocenters. The normalized spacial score (nSPS) is 18.7. The summed E-state index contributed by atoms with van der Waals surface area (Å²) in [4.78, 5) is 11.0. The highest BCUT2D eigenvalue weighted by molar-refractivity contribution is 5.93. The first kappa shape index (κ1) is 13.6. The van der Waals surface area contributed by atoms with Crippen LogP contribution in [0.4, 0.5) is 0 Å². The van der Waals surface area contributed by atoms with Crippen molar-refractivity contribution in [1.29, 1.82) is 0 Å². The van der Waals surface area contributed by atoms with Crippen LogP contribution in [0.1, 0.15) is 26.3 Å². The maximum Gasteiger partial charge on any atom is 0.123 e. The molecule has 0 unspecified atom stereocenters. The van der Waals surface area contributed by atoms with Crippen molar-refractivity contribution in [1.82, 2.24) is 15.2 Å². The van der Waals surface area contributed by atoms with E-state index < -0.39 is 0 Å². The van der Waals surface area contributed by atoms with Crippen molar-refractivity contribution in [2.24, 2.45) is 4.99 Å². The van der Waals surface area contributed by atoms with Gasteiger partial charge in [0.05, 0.1) is 12.7 Å². The van der Waals surface area contributed by atoms with Gasteiger partial charge in [-0.25, -0.2) is 0 Å². The zero-order valence-electron chi connectivity index (χ0n) is 11.9. The van der Waals surface area contributed by atoms with Crippen LogP contribution in [0, 0.1) is 0 Å². The van der Waals surface area contributed by atoms with Gasteiger partial charge in [0.15, 0.2) is 0 Å². The minimum absolute atomic E-state index is 0.264. The highest BCUT2D eigenvalue weighted by Gasteiger charge is 2.10. The van der Waals surface area contributed by atoms with Crippen LogP contribution in [0.3, 0.4) is 0 Å². The summed E-state index contributed by atoms with van der Waals surface area (Å²) in [5.74, 6) is 0.971. The van der Waals surface area contributed by atoms with E-state index in [1.165, 1.54) is 5.56 Å². The molecule has 0 fully saturated rings. The van der Waals surface area contributed by atoms with Crippen LogP contribution in [-0.2, 0) is 6.42 Å². The number of aliphatic imine (C=N–C) groups is 1. The number of nitrogens with one attached hydrogen (secondary N) is 1. The number of pyridine rings is 1. The van der Waals surface area contributed by atoms with Gasteiger partial charge >= 0.3 is 0 Å². The molecular weight excluding hydrogens is 236 g/mol. The maximum atomic E-state index is 4.70. The van der Waals surface area contributed by atoms with E-state index >= 15 is 0 Å². The Morgan fingerprint density at radius 3 is 2.63 bits per heavy atom. The molecule has 0 saturated carbocycles. The van der Waals surface area contributed by atoms with Gasteiger partial charge in [0.25, 0.3) is 0 Å². The molecule has 2 heterocycles. The van der Waals surface area contributed by atoms with Crippen molar-refractivity contribution in [3.8, 4) is 0 Å². The second-order valence-electron chi connectivity index (χ2n) is 5.18. The van der Waals surface area contributed by atoms with Gasteiger partial charge in [0.2, 0.25) is 0 Å². The molecule has 0 spiro atoms. The third-order valence-corrected chi connectivity index (χ3v) is 3.17. The first-order chi connectivity index (χ1) is 9.15. The largest absolute Gasteiger partial charge is 0.358 e. The Bertz CT molecular complexity index is 450. The molecule has 19 heavy (non-hydrogen) atoms. The van der Waals surface area contributed by atoms with E-state index in [2.05, 4.69) is 42.2 Å². The molecule has 1 N–H and O–H groups in total. The molecule has 102 valence electrons. The molecule has 1 aliphatic heterocycles. The summed E-state index contributed by atoms with van der Waals surface area (Å²) in [6.45, 7) is 7.33. The van der Waals surface area contributed by atoms with Gasteiger partial charge in [-0.1, -0.05) is 0 Å². The topological polar surface area (TPSA) is 40.5 Å². The lowest BCUT2D eigenvalue weighted by atomic mass is 10.1. The third-order valence-electron chi connectivity index (χ3n) is 3.17. The van der Waals surface area contributed by atoms with Crippen molar-refractivity contribution >= 4 is 5.84 Å². The van der Waals surface area contributed by atoms with Gasteiger partial charge in [-0.2, -0.15) is 0 Å². The zero-order valence-corrected chi connectivity index (χ0v) is 11.9. The predicted molar refractivity (Wildman–Crippen MR) is 79.0 cm³/mol. The van der Waals surface area contributed by atoms with Crippen LogP contribution in [0.25, 0.3) is 0 Å². The summed E-state index contributed by atoms with van der Waals surface area (Å²) in [6.07, 6.45) is 8.75. The first-order valence-corrected chi connectivity index (χ1v) is 6.79. The number of hydrogen-bond acceptors (Lipinski definition) is 3. The summed E-state index contributed by atoms with van der Waals surface area (Å²) < 4.78 is 0. The smallest absolute Gasteiger partial charge is 0.123 e. The van der Waals surface area contributed by atoms with Gasteiger partial charge in [-0.15, -0.1) is 0 Å². The summed E-state index contributed by atoms with van der Waals surface area (Å²) in [5, 5.41) is 3.34. The lowest BCUT2D eigenvalue weighted by molar-refractivity contribution is 0.300. The molecule has 0 aliphatic carbocycles. The van der Waals surface area contributed by atoms with Crippen LogP contribution < -0.4 is 5.32 Å². The summed E-state index contributed by atoms with van der Waals surface area (Å²) in [6, 6.07) is 4.86. The lowest BCUT2D eigenvalue weighted by Gasteiger charge is -2.29. The fourth-order valence-electron chi connectivity index (χ4n) is 2.04. The van der Waals surface area contributed by atoms with Crippen LogP contribution in [0.5, 0.6) is 0 Å². The van der Waals surface area contributed by atoms with E-state index in [4.69, 9.17) is 4.99 Å². The van der Waals surface area contributed by atoms with Gasteiger partial charge in [0.1, 0.15) is 5.84 Å². The van der Waals surface area contributed by atoms with Crippen LogP contribution >= 0.6 is 0 Å². The highest BCUT2D eigenvalue weighted by Crippen LogP contribution is 2.06. The minimum Gasteiger partial charge on any atom is -0.358 e. The molecule has 0 amide bonds. The van der Waals surface area contributed by atoms with E-state index in [1.54, 1.807) is 0 Å². The van der Waals surface area contributed by atoms with E-state index in [9.17, 15) is 0 Å². The number of rotatable bonds is 4. The van der Waals surface area contributed by atoms with Crippen LogP contribution in [0.15, 0.2) is 41.8 Å². The Hall–Kier alpha value is -1.84. The maximum absolute atomic E-state index is 4.70. The Labute approximate surface area is 115 Å². The van der Waals surface area contributed by atoms with Crippen molar-refractivity contribution in [3.05, 3.63) is 42.4 Å². The second kappa shape index (κ2) is 6.36. The fourth-order valence-corrected chi connectivity index (χ4v) is 2.04. The van der Waals surface area contributed by atoms with Crippen molar-refractivity contribution in [2.45, 2.75) is 39.3 Å². The molecule has 0 saturated heterocycles. The van der Waals surface area contributed by atoms with Crippen molar-refractivity contribution in [2.75, 3.05) is 6.67 Å². The zero-order chi connectivity index (χ0) is 13.7. The molecule has 0 radical (unpaired) electrons. The Morgan fingerprint density at radius 1 is 1.32 bits per heavy atom. The van der Waals surface area contributed by atoms with Crippen LogP contribution in [-0.4, -0.2) is 34.5 Å². The lowest BCUT2D eigenvalue weighted by Crippen LogP contribution is -2.41. The Kier molecular flexibility index (Phi) is 4.55. The molecule has 0 aromatic carbocycles. The minimum atomic E-state index is 0.264.